The van der Waals surface area contributed by atoms with Crippen LogP contribution in [0, 0.1) is 6.92 Å². The molecule has 0 spiro atoms. The van der Waals surface area contributed by atoms with Crippen molar-refractivity contribution in [2.45, 2.75) is 20.4 Å². The molecular weight excluding hydrogens is 298 g/mol. The van der Waals surface area contributed by atoms with E-state index in [4.69, 9.17) is 9.26 Å². The molecule has 3 heterocycles. The van der Waals surface area contributed by atoms with E-state index in [1.54, 1.807) is 18.3 Å². The first kappa shape index (κ1) is 14.8. The second-order valence-electron chi connectivity index (χ2n) is 4.73. The van der Waals surface area contributed by atoms with Gasteiger partial charge in [0.15, 0.2) is 11.6 Å². The van der Waals surface area contributed by atoms with Crippen molar-refractivity contribution in [1.29, 1.82) is 0 Å². The molecule has 0 fully saturated rings. The van der Waals surface area contributed by atoms with Crippen LogP contribution >= 0.6 is 0 Å². The first-order valence-electron chi connectivity index (χ1n) is 7.17. The Bertz CT molecular complexity index is 768. The third-order valence-electron chi connectivity index (χ3n) is 2.86. The first-order chi connectivity index (χ1) is 11.2. The predicted octanol–water partition coefficient (Wildman–Crippen LogP) is 2.25. The Morgan fingerprint density at radius 1 is 1.30 bits per heavy atom. The van der Waals surface area contributed by atoms with E-state index < -0.39 is 0 Å². The van der Waals surface area contributed by atoms with E-state index in [9.17, 15) is 0 Å². The summed E-state index contributed by atoms with van der Waals surface area (Å²) in [7, 11) is 0. The summed E-state index contributed by atoms with van der Waals surface area (Å²) in [5.41, 5.74) is 0.835. The molecule has 0 aliphatic carbocycles. The van der Waals surface area contributed by atoms with E-state index in [0.717, 1.165) is 11.5 Å². The van der Waals surface area contributed by atoms with Gasteiger partial charge in [-0.25, -0.2) is 10.1 Å². The lowest BCUT2D eigenvalue weighted by atomic mass is 10.4. The van der Waals surface area contributed by atoms with Gasteiger partial charge in [-0.05, 0) is 19.9 Å². The van der Waals surface area contributed by atoms with Crippen molar-refractivity contribution in [3.63, 3.8) is 0 Å². The molecule has 0 saturated carbocycles. The lowest BCUT2D eigenvalue weighted by Gasteiger charge is -2.05. The van der Waals surface area contributed by atoms with Gasteiger partial charge in [-0.3, -0.25) is 0 Å². The topological polar surface area (TPSA) is 114 Å². The van der Waals surface area contributed by atoms with Crippen molar-refractivity contribution in [2.75, 3.05) is 17.2 Å². The molecule has 0 atom stereocenters. The van der Waals surface area contributed by atoms with Crippen LogP contribution in [0.4, 0.5) is 17.6 Å². The molecule has 9 nitrogen and oxygen atoms in total. The van der Waals surface area contributed by atoms with Crippen LogP contribution in [0.15, 0.2) is 28.9 Å². The van der Waals surface area contributed by atoms with Crippen molar-refractivity contribution in [3.8, 4) is 5.88 Å². The third kappa shape index (κ3) is 3.96. The van der Waals surface area contributed by atoms with Crippen molar-refractivity contribution in [3.05, 3.63) is 35.9 Å². The minimum atomic E-state index is 0.460. The zero-order valence-corrected chi connectivity index (χ0v) is 12.8. The number of anilines is 3. The van der Waals surface area contributed by atoms with Crippen LogP contribution in [0.5, 0.6) is 5.88 Å². The summed E-state index contributed by atoms with van der Waals surface area (Å²) in [6, 6.07) is 5.36. The number of rotatable bonds is 7. The summed E-state index contributed by atoms with van der Waals surface area (Å²) < 4.78 is 10.4. The molecule has 0 amide bonds. The maximum absolute atomic E-state index is 5.32. The standard InChI is InChI=1S/C14H17N7O2/c1-3-22-13-7-12(19-20-13)17-11-4-5-15-14(18-11)16-8-10-6-9(2)21-23-10/h4-7H,3,8H2,1-2H3,(H3,15,16,17,18,19,20). The average molecular weight is 315 g/mol. The summed E-state index contributed by atoms with van der Waals surface area (Å²) in [6.45, 7) is 4.81. The lowest BCUT2D eigenvalue weighted by Crippen LogP contribution is -2.04. The number of hydrogen-bond donors (Lipinski definition) is 3. The molecule has 9 heteroatoms. The Morgan fingerprint density at radius 2 is 2.22 bits per heavy atom. The Balaban J connectivity index is 1.62. The van der Waals surface area contributed by atoms with Gasteiger partial charge in [-0.1, -0.05) is 5.16 Å². The van der Waals surface area contributed by atoms with Crippen LogP contribution in [0.25, 0.3) is 0 Å². The van der Waals surface area contributed by atoms with Crippen molar-refractivity contribution >= 4 is 17.6 Å². The summed E-state index contributed by atoms with van der Waals surface area (Å²) in [5, 5.41) is 16.8. The lowest BCUT2D eigenvalue weighted by molar-refractivity contribution is 0.326. The van der Waals surface area contributed by atoms with Gasteiger partial charge < -0.3 is 19.9 Å². The van der Waals surface area contributed by atoms with E-state index in [1.165, 1.54) is 0 Å². The van der Waals surface area contributed by atoms with Gasteiger partial charge in [-0.15, -0.1) is 0 Å². The fraction of sp³-hybridized carbons (Fsp3) is 0.286. The number of H-pyrrole nitrogens is 1. The van der Waals surface area contributed by atoms with Gasteiger partial charge in [0.05, 0.1) is 18.8 Å². The fourth-order valence-corrected chi connectivity index (χ4v) is 1.91. The summed E-state index contributed by atoms with van der Waals surface area (Å²) in [6.07, 6.45) is 1.65. The number of aryl methyl sites for hydroxylation is 1. The molecule has 3 aromatic heterocycles. The molecule has 120 valence electrons. The van der Waals surface area contributed by atoms with E-state index in [1.807, 2.05) is 19.9 Å². The van der Waals surface area contributed by atoms with Crippen LogP contribution in [0.3, 0.4) is 0 Å². The van der Waals surface area contributed by atoms with Crippen molar-refractivity contribution in [1.82, 2.24) is 25.3 Å². The third-order valence-corrected chi connectivity index (χ3v) is 2.86. The molecule has 0 saturated heterocycles. The largest absolute Gasteiger partial charge is 0.478 e. The second-order valence-corrected chi connectivity index (χ2v) is 4.73. The minimum absolute atomic E-state index is 0.460. The molecule has 0 unspecified atom stereocenters. The minimum Gasteiger partial charge on any atom is -0.478 e. The monoisotopic (exact) mass is 315 g/mol. The smallest absolute Gasteiger partial charge is 0.224 e. The molecule has 0 bridgehead atoms. The first-order valence-corrected chi connectivity index (χ1v) is 7.17. The highest BCUT2D eigenvalue weighted by molar-refractivity contribution is 5.53. The molecule has 0 aromatic carbocycles. The van der Waals surface area contributed by atoms with Crippen LogP contribution in [0.1, 0.15) is 18.4 Å². The number of hydrogen-bond acceptors (Lipinski definition) is 8. The zero-order chi connectivity index (χ0) is 16.1. The fourth-order valence-electron chi connectivity index (χ4n) is 1.91. The SMILES string of the molecule is CCOc1cc(Nc2ccnc(NCc3cc(C)no3)n2)n[nH]1. The number of nitrogens with one attached hydrogen (secondary N) is 3. The molecule has 0 radical (unpaired) electrons. The number of nitrogens with zero attached hydrogens (tertiary/aromatic N) is 4. The van der Waals surface area contributed by atoms with E-state index in [0.29, 0.717) is 36.6 Å². The molecule has 3 rings (SSSR count). The maximum Gasteiger partial charge on any atom is 0.224 e. The van der Waals surface area contributed by atoms with Crippen molar-refractivity contribution < 1.29 is 9.26 Å². The number of ether oxygens (including phenoxy) is 1. The zero-order valence-electron chi connectivity index (χ0n) is 12.8. The highest BCUT2D eigenvalue weighted by atomic mass is 16.5. The highest BCUT2D eigenvalue weighted by Crippen LogP contribution is 2.17. The Labute approximate surface area is 132 Å². The number of aromatic amines is 1. The van der Waals surface area contributed by atoms with E-state index in [2.05, 4.69) is 36.0 Å². The molecule has 0 aliphatic heterocycles. The normalized spacial score (nSPS) is 10.5. The summed E-state index contributed by atoms with van der Waals surface area (Å²) in [5.74, 6) is 3.03. The molecule has 3 N–H and O–H groups in total. The molecule has 0 aliphatic rings. The van der Waals surface area contributed by atoms with Gasteiger partial charge in [0.1, 0.15) is 5.82 Å². The Morgan fingerprint density at radius 3 is 3.00 bits per heavy atom. The Kier molecular flexibility index (Phi) is 4.37. The molecule has 3 aromatic rings. The van der Waals surface area contributed by atoms with Gasteiger partial charge in [-0.2, -0.15) is 10.1 Å². The van der Waals surface area contributed by atoms with Crippen LogP contribution < -0.4 is 15.4 Å². The summed E-state index contributed by atoms with van der Waals surface area (Å²) >= 11 is 0. The van der Waals surface area contributed by atoms with Gasteiger partial charge >= 0.3 is 0 Å². The second kappa shape index (κ2) is 6.77. The molecule has 23 heavy (non-hydrogen) atoms. The van der Waals surface area contributed by atoms with E-state index >= 15 is 0 Å². The van der Waals surface area contributed by atoms with Gasteiger partial charge in [0, 0.05) is 18.3 Å². The predicted molar refractivity (Wildman–Crippen MR) is 83.6 cm³/mol. The van der Waals surface area contributed by atoms with Crippen LogP contribution in [-0.4, -0.2) is 31.9 Å². The quantitative estimate of drug-likeness (QED) is 0.608. The highest BCUT2D eigenvalue weighted by Gasteiger charge is 2.05. The van der Waals surface area contributed by atoms with E-state index in [-0.39, 0.29) is 0 Å². The average Bonchev–Trinajstić information content (AvgIpc) is 3.15. The number of aromatic nitrogens is 5. The van der Waals surface area contributed by atoms with Gasteiger partial charge in [0.2, 0.25) is 11.8 Å². The summed E-state index contributed by atoms with van der Waals surface area (Å²) in [4.78, 5) is 8.52. The maximum atomic E-state index is 5.32. The molecular formula is C14H17N7O2. The van der Waals surface area contributed by atoms with Gasteiger partial charge in [0.25, 0.3) is 0 Å². The van der Waals surface area contributed by atoms with Crippen LogP contribution in [-0.2, 0) is 6.54 Å². The van der Waals surface area contributed by atoms with Crippen LogP contribution in [0.2, 0.25) is 0 Å². The Hall–Kier alpha value is -3.10. The van der Waals surface area contributed by atoms with Crippen molar-refractivity contribution in [2.24, 2.45) is 0 Å².